The van der Waals surface area contributed by atoms with E-state index in [4.69, 9.17) is 5.26 Å². The van der Waals surface area contributed by atoms with Gasteiger partial charge in [-0.3, -0.25) is 9.59 Å². The van der Waals surface area contributed by atoms with Crippen LogP contribution in [-0.4, -0.2) is 71.9 Å². The Morgan fingerprint density at radius 3 is 2.49 bits per heavy atom. The van der Waals surface area contributed by atoms with Crippen LogP contribution >= 0.6 is 0 Å². The molecule has 0 radical (unpaired) electrons. The monoisotopic (exact) mass is 486 g/mol. The Kier molecular flexibility index (Phi) is 6.40. The van der Waals surface area contributed by atoms with Crippen molar-refractivity contribution in [3.8, 4) is 6.07 Å². The number of piperidine rings is 1. The number of nitriles is 1. The van der Waals surface area contributed by atoms with Gasteiger partial charge >= 0.3 is 6.18 Å². The predicted molar refractivity (Wildman–Crippen MR) is 120 cm³/mol. The van der Waals surface area contributed by atoms with Gasteiger partial charge in [0.1, 0.15) is 12.0 Å². The SMILES string of the molecule is CN(C)C(=O)C1CN(c2ccc(C#N)c(C(F)(F)F)c2)CC12CCN(C(=O)c1ccncn1)CC2. The average Bonchev–Trinajstić information content (AvgIpc) is 3.21. The first-order valence-corrected chi connectivity index (χ1v) is 11.2. The zero-order valence-corrected chi connectivity index (χ0v) is 19.4. The molecule has 2 saturated heterocycles. The summed E-state index contributed by atoms with van der Waals surface area (Å²) in [6.45, 7) is 1.47. The largest absolute Gasteiger partial charge is 0.417 e. The zero-order chi connectivity index (χ0) is 25.4. The molecule has 2 amide bonds. The topological polar surface area (TPSA) is 93.4 Å². The lowest BCUT2D eigenvalue weighted by Gasteiger charge is -2.42. The van der Waals surface area contributed by atoms with Crippen LogP contribution in [0.5, 0.6) is 0 Å². The smallest absolute Gasteiger partial charge is 0.370 e. The summed E-state index contributed by atoms with van der Waals surface area (Å²) in [7, 11) is 3.33. The number of amides is 2. The number of carbonyl (C=O) groups excluding carboxylic acids is 2. The third kappa shape index (κ3) is 4.65. The van der Waals surface area contributed by atoms with Crippen molar-refractivity contribution in [2.45, 2.75) is 19.0 Å². The zero-order valence-electron chi connectivity index (χ0n) is 19.4. The highest BCUT2D eigenvalue weighted by Gasteiger charge is 2.52. The first-order valence-electron chi connectivity index (χ1n) is 11.2. The molecule has 1 aromatic heterocycles. The van der Waals surface area contributed by atoms with Crippen molar-refractivity contribution in [3.63, 3.8) is 0 Å². The van der Waals surface area contributed by atoms with Crippen LogP contribution in [0.4, 0.5) is 18.9 Å². The number of likely N-dealkylation sites (tertiary alicyclic amines) is 1. The van der Waals surface area contributed by atoms with E-state index < -0.39 is 28.6 Å². The van der Waals surface area contributed by atoms with E-state index >= 15 is 0 Å². The molecule has 2 fully saturated rings. The van der Waals surface area contributed by atoms with E-state index in [9.17, 15) is 22.8 Å². The number of anilines is 1. The summed E-state index contributed by atoms with van der Waals surface area (Å²) in [5.41, 5.74) is -1.30. The molecule has 1 aromatic carbocycles. The van der Waals surface area contributed by atoms with Crippen LogP contribution in [0.1, 0.15) is 34.5 Å². The number of nitrogens with zero attached hydrogens (tertiary/aromatic N) is 6. The first kappa shape index (κ1) is 24.4. The van der Waals surface area contributed by atoms with Crippen LogP contribution in [-0.2, 0) is 11.0 Å². The molecule has 2 aromatic rings. The molecule has 0 saturated carbocycles. The minimum atomic E-state index is -4.66. The Morgan fingerprint density at radius 2 is 1.91 bits per heavy atom. The van der Waals surface area contributed by atoms with E-state index in [-0.39, 0.29) is 18.4 Å². The van der Waals surface area contributed by atoms with Crippen molar-refractivity contribution in [1.29, 1.82) is 5.26 Å². The van der Waals surface area contributed by atoms with Gasteiger partial charge in [0, 0.05) is 57.6 Å². The molecule has 1 spiro atoms. The van der Waals surface area contributed by atoms with Gasteiger partial charge in [0.2, 0.25) is 5.91 Å². The number of alkyl halides is 3. The lowest BCUT2D eigenvalue weighted by atomic mass is 9.70. The molecule has 1 unspecified atom stereocenters. The van der Waals surface area contributed by atoms with E-state index in [2.05, 4.69) is 9.97 Å². The van der Waals surface area contributed by atoms with E-state index in [1.807, 2.05) is 0 Å². The molecule has 2 aliphatic heterocycles. The van der Waals surface area contributed by atoms with Gasteiger partial charge < -0.3 is 14.7 Å². The molecule has 0 bridgehead atoms. The normalized spacial score (nSPS) is 19.5. The fraction of sp³-hybridized carbons (Fsp3) is 0.458. The second kappa shape index (κ2) is 9.17. The molecule has 1 atom stereocenters. The summed E-state index contributed by atoms with van der Waals surface area (Å²) in [4.78, 5) is 38.8. The summed E-state index contributed by atoms with van der Waals surface area (Å²) in [5.74, 6) is -0.735. The fourth-order valence-electron chi connectivity index (χ4n) is 5.12. The third-order valence-corrected chi connectivity index (χ3v) is 7.03. The highest BCUT2D eigenvalue weighted by Crippen LogP contribution is 2.47. The van der Waals surface area contributed by atoms with Gasteiger partial charge in [-0.1, -0.05) is 0 Å². The summed E-state index contributed by atoms with van der Waals surface area (Å²) in [5, 5.41) is 9.11. The number of aromatic nitrogens is 2. The van der Waals surface area contributed by atoms with Gasteiger partial charge in [0.05, 0.1) is 23.1 Å². The molecule has 11 heteroatoms. The Labute approximate surface area is 201 Å². The van der Waals surface area contributed by atoms with Gasteiger partial charge in [-0.2, -0.15) is 18.4 Å². The maximum atomic E-state index is 13.5. The van der Waals surface area contributed by atoms with Crippen LogP contribution in [0.2, 0.25) is 0 Å². The second-order valence-electron chi connectivity index (χ2n) is 9.25. The number of halogens is 3. The third-order valence-electron chi connectivity index (χ3n) is 7.03. The fourth-order valence-corrected chi connectivity index (χ4v) is 5.12. The van der Waals surface area contributed by atoms with E-state index in [0.29, 0.717) is 43.9 Å². The Bertz CT molecular complexity index is 1150. The highest BCUT2D eigenvalue weighted by atomic mass is 19.4. The van der Waals surface area contributed by atoms with Gasteiger partial charge in [0.25, 0.3) is 5.91 Å². The van der Waals surface area contributed by atoms with Crippen molar-refractivity contribution >= 4 is 17.5 Å². The molecule has 35 heavy (non-hydrogen) atoms. The molecule has 3 heterocycles. The van der Waals surface area contributed by atoms with Gasteiger partial charge in [0.15, 0.2) is 0 Å². The second-order valence-corrected chi connectivity index (χ2v) is 9.25. The summed E-state index contributed by atoms with van der Waals surface area (Å²) < 4.78 is 40.6. The number of carbonyl (C=O) groups is 2. The Morgan fingerprint density at radius 1 is 1.20 bits per heavy atom. The van der Waals surface area contributed by atoms with Crippen molar-refractivity contribution < 1.29 is 22.8 Å². The Hall–Kier alpha value is -3.68. The minimum Gasteiger partial charge on any atom is -0.370 e. The number of hydrogen-bond donors (Lipinski definition) is 0. The maximum Gasteiger partial charge on any atom is 0.417 e. The summed E-state index contributed by atoms with van der Waals surface area (Å²) >= 11 is 0. The van der Waals surface area contributed by atoms with Crippen molar-refractivity contribution in [1.82, 2.24) is 19.8 Å². The van der Waals surface area contributed by atoms with E-state index in [0.717, 1.165) is 6.07 Å². The van der Waals surface area contributed by atoms with Crippen molar-refractivity contribution in [3.05, 3.63) is 53.6 Å². The standard InChI is InChI=1S/C24H25F3N6O2/c1-31(2)21(34)19-13-33(17-4-3-16(12-28)18(11-17)24(25,26)27)14-23(19)6-9-32(10-7-23)22(35)20-5-8-29-15-30-20/h3-5,8,11,15,19H,6-7,9-10,13-14H2,1-2H3. The van der Waals surface area contributed by atoms with Gasteiger partial charge in [-0.25, -0.2) is 9.97 Å². The minimum absolute atomic E-state index is 0.0900. The van der Waals surface area contributed by atoms with Crippen LogP contribution in [0, 0.1) is 22.7 Å². The molecule has 0 aliphatic carbocycles. The number of rotatable bonds is 3. The van der Waals surface area contributed by atoms with E-state index in [1.54, 1.807) is 36.0 Å². The van der Waals surface area contributed by atoms with Gasteiger partial charge in [-0.05, 0) is 37.1 Å². The first-order chi connectivity index (χ1) is 16.6. The number of benzene rings is 1. The van der Waals surface area contributed by atoms with Crippen molar-refractivity contribution in [2.75, 3.05) is 45.2 Å². The molecule has 184 valence electrons. The lowest BCUT2D eigenvalue weighted by Crippen LogP contribution is -2.49. The highest BCUT2D eigenvalue weighted by molar-refractivity contribution is 5.92. The lowest BCUT2D eigenvalue weighted by molar-refractivity contribution is -0.138. The maximum absolute atomic E-state index is 13.5. The van der Waals surface area contributed by atoms with Crippen molar-refractivity contribution in [2.24, 2.45) is 11.3 Å². The van der Waals surface area contributed by atoms with Gasteiger partial charge in [-0.15, -0.1) is 0 Å². The summed E-state index contributed by atoms with van der Waals surface area (Å²) in [6, 6.07) is 6.81. The molecule has 4 rings (SSSR count). The molecular weight excluding hydrogens is 461 g/mol. The van der Waals surface area contributed by atoms with E-state index in [1.165, 1.54) is 29.6 Å². The molecule has 8 nitrogen and oxygen atoms in total. The van der Waals surface area contributed by atoms with Crippen LogP contribution < -0.4 is 4.90 Å². The summed E-state index contributed by atoms with van der Waals surface area (Å²) in [6.07, 6.45) is -0.783. The molecule has 2 aliphatic rings. The van der Waals surface area contributed by atoms with Crippen LogP contribution in [0.25, 0.3) is 0 Å². The Balaban J connectivity index is 1.60. The molecular formula is C24H25F3N6O2. The quantitative estimate of drug-likeness (QED) is 0.663. The number of hydrogen-bond acceptors (Lipinski definition) is 6. The van der Waals surface area contributed by atoms with Crippen LogP contribution in [0.3, 0.4) is 0 Å². The van der Waals surface area contributed by atoms with Crippen LogP contribution in [0.15, 0.2) is 36.8 Å². The average molecular weight is 486 g/mol. The predicted octanol–water partition coefficient (Wildman–Crippen LogP) is 2.81. The molecule has 0 N–H and O–H groups in total.